The van der Waals surface area contributed by atoms with Gasteiger partial charge in [-0.25, -0.2) is 4.79 Å². The fourth-order valence-corrected chi connectivity index (χ4v) is 5.50. The number of halogens is 3. The van der Waals surface area contributed by atoms with Crippen molar-refractivity contribution >= 4 is 23.3 Å². The summed E-state index contributed by atoms with van der Waals surface area (Å²) in [7, 11) is 0. The second-order valence-corrected chi connectivity index (χ2v) is 11.7. The van der Waals surface area contributed by atoms with Gasteiger partial charge >= 0.3 is 12.3 Å². The first kappa shape index (κ1) is 28.2. The van der Waals surface area contributed by atoms with Gasteiger partial charge < -0.3 is 24.0 Å². The molecule has 38 heavy (non-hydrogen) atoms. The van der Waals surface area contributed by atoms with Crippen molar-refractivity contribution in [3.05, 3.63) is 45.2 Å². The fraction of sp³-hybridized carbons (Fsp3) is 0.577. The van der Waals surface area contributed by atoms with Crippen LogP contribution in [0.1, 0.15) is 60.8 Å². The third-order valence-electron chi connectivity index (χ3n) is 6.65. The first-order valence-corrected chi connectivity index (χ1v) is 13.4. The van der Waals surface area contributed by atoms with Crippen LogP contribution < -0.4 is 9.54 Å². The Morgan fingerprint density at radius 1 is 1.24 bits per heavy atom. The maximum Gasteiger partial charge on any atom is 0.416 e. The average molecular weight is 556 g/mol. The molecule has 2 aliphatic rings. The number of carboxylic acid groups (broad SMARTS) is 1. The number of benzene rings is 1. The van der Waals surface area contributed by atoms with E-state index in [-0.39, 0.29) is 41.9 Å². The van der Waals surface area contributed by atoms with Crippen LogP contribution in [0.25, 0.3) is 0 Å². The van der Waals surface area contributed by atoms with E-state index in [0.717, 1.165) is 35.9 Å². The minimum Gasteiger partial charge on any atom is -0.492 e. The molecule has 2 aliphatic heterocycles. The molecule has 0 unspecified atom stereocenters. The number of amides is 2. The number of nitrogens with zero attached hydrogens (tertiary/aromatic N) is 3. The van der Waals surface area contributed by atoms with Crippen molar-refractivity contribution in [1.82, 2.24) is 9.47 Å². The Kier molecular flexibility index (Phi) is 8.22. The highest BCUT2D eigenvalue weighted by molar-refractivity contribution is 7.09. The molecular weight excluding hydrogens is 523 g/mol. The van der Waals surface area contributed by atoms with E-state index in [1.165, 1.54) is 16.2 Å². The molecule has 208 valence electrons. The molecule has 1 aromatic carbocycles. The first-order valence-electron chi connectivity index (χ1n) is 12.5. The van der Waals surface area contributed by atoms with Gasteiger partial charge in [-0.05, 0) is 42.9 Å². The molecule has 2 fully saturated rings. The van der Waals surface area contributed by atoms with Gasteiger partial charge in [0.2, 0.25) is 0 Å². The number of thiazole rings is 1. The molecule has 3 heterocycles. The molecule has 0 radical (unpaired) electrons. The molecule has 8 nitrogen and oxygen atoms in total. The molecule has 12 heteroatoms. The van der Waals surface area contributed by atoms with E-state index in [1.807, 2.05) is 31.5 Å². The molecule has 1 aromatic heterocycles. The maximum absolute atomic E-state index is 13.5. The van der Waals surface area contributed by atoms with Gasteiger partial charge in [-0.15, -0.1) is 11.3 Å². The lowest BCUT2D eigenvalue weighted by atomic mass is 9.95. The van der Waals surface area contributed by atoms with Crippen LogP contribution in [0.3, 0.4) is 0 Å². The molecule has 4 rings (SSSR count). The van der Waals surface area contributed by atoms with Crippen LogP contribution in [0.4, 0.5) is 18.0 Å². The average Bonchev–Trinajstić information content (AvgIpc) is 3.59. The van der Waals surface area contributed by atoms with E-state index in [1.54, 1.807) is 0 Å². The van der Waals surface area contributed by atoms with Crippen molar-refractivity contribution in [2.24, 2.45) is 10.9 Å². The van der Waals surface area contributed by atoms with Gasteiger partial charge in [0.25, 0.3) is 5.91 Å². The number of hydrogen-bond donors (Lipinski definition) is 1. The van der Waals surface area contributed by atoms with Crippen LogP contribution in [-0.2, 0) is 22.9 Å². The molecule has 2 aromatic rings. The monoisotopic (exact) mass is 555 g/mol. The lowest BCUT2D eigenvalue weighted by Gasteiger charge is -2.16. The summed E-state index contributed by atoms with van der Waals surface area (Å²) in [4.78, 5) is 31.4. The number of aromatic nitrogens is 1. The normalized spacial score (nSPS) is 20.8. The standard InChI is InChI=1S/C26H32F3N3O5S/c1-25(2,3)21-14-32(13-18-5-4-10-36-18)23(38-21)30-22(33)19-11-17(26(27,28)29)6-7-20(19)37-15-16-8-9-31(12-16)24(34)35/h6-7,11,14,16,18H,4-5,8-10,12-13,15H2,1-3H3,(H,34,35)/t16-,18+/m0/s1. The van der Waals surface area contributed by atoms with Gasteiger partial charge in [-0.3, -0.25) is 4.79 Å². The zero-order chi connectivity index (χ0) is 27.7. The largest absolute Gasteiger partial charge is 0.492 e. The molecular formula is C26H32F3N3O5S. The van der Waals surface area contributed by atoms with Crippen molar-refractivity contribution in [2.45, 2.75) is 64.3 Å². The second kappa shape index (κ2) is 11.1. The molecule has 0 bridgehead atoms. The van der Waals surface area contributed by atoms with Crippen molar-refractivity contribution in [2.75, 3.05) is 26.3 Å². The first-order chi connectivity index (χ1) is 17.8. The maximum atomic E-state index is 13.5. The van der Waals surface area contributed by atoms with E-state index in [4.69, 9.17) is 14.6 Å². The predicted molar refractivity (Wildman–Crippen MR) is 135 cm³/mol. The molecule has 2 atom stereocenters. The summed E-state index contributed by atoms with van der Waals surface area (Å²) in [5.74, 6) is -0.986. The van der Waals surface area contributed by atoms with Crippen molar-refractivity contribution in [3.8, 4) is 5.75 Å². The van der Waals surface area contributed by atoms with Crippen LogP contribution in [0.5, 0.6) is 5.75 Å². The number of rotatable bonds is 6. The molecule has 0 aliphatic carbocycles. The van der Waals surface area contributed by atoms with E-state index in [2.05, 4.69) is 4.99 Å². The number of carbonyl (C=O) groups is 2. The van der Waals surface area contributed by atoms with Gasteiger partial charge in [0, 0.05) is 36.7 Å². The van der Waals surface area contributed by atoms with Gasteiger partial charge in [-0.2, -0.15) is 18.2 Å². The van der Waals surface area contributed by atoms with Gasteiger partial charge in [-0.1, -0.05) is 20.8 Å². The number of alkyl halides is 3. The molecule has 0 spiro atoms. The Morgan fingerprint density at radius 3 is 2.61 bits per heavy atom. The Morgan fingerprint density at radius 2 is 2.00 bits per heavy atom. The van der Waals surface area contributed by atoms with Crippen LogP contribution in [0.2, 0.25) is 0 Å². The minimum atomic E-state index is -4.65. The Labute approximate surface area is 222 Å². The lowest BCUT2D eigenvalue weighted by molar-refractivity contribution is -0.137. The minimum absolute atomic E-state index is 0.0150. The summed E-state index contributed by atoms with van der Waals surface area (Å²) in [6.45, 7) is 7.96. The Balaban J connectivity index is 1.65. The highest BCUT2D eigenvalue weighted by Crippen LogP contribution is 2.33. The Bertz CT molecular complexity index is 1240. The zero-order valence-electron chi connectivity index (χ0n) is 21.6. The van der Waals surface area contributed by atoms with Crippen molar-refractivity contribution < 1.29 is 37.3 Å². The Hall–Kier alpha value is -2.86. The van der Waals surface area contributed by atoms with Crippen LogP contribution in [0, 0.1) is 5.92 Å². The summed E-state index contributed by atoms with van der Waals surface area (Å²) in [6.07, 6.45) is -1.38. The SMILES string of the molecule is CC(C)(C)c1cn(C[C@H]2CCCO2)c(=NC(=O)c2cc(C(F)(F)F)ccc2OC[C@H]2CCN(C(=O)O)C2)s1. The smallest absolute Gasteiger partial charge is 0.416 e. The highest BCUT2D eigenvalue weighted by Gasteiger charge is 2.33. The van der Waals surface area contributed by atoms with E-state index >= 15 is 0 Å². The number of ether oxygens (including phenoxy) is 2. The van der Waals surface area contributed by atoms with E-state index < -0.39 is 23.7 Å². The molecule has 0 saturated carbocycles. The summed E-state index contributed by atoms with van der Waals surface area (Å²) < 4.78 is 53.9. The third-order valence-corrected chi connectivity index (χ3v) is 8.10. The summed E-state index contributed by atoms with van der Waals surface area (Å²) in [5.41, 5.74) is -1.48. The topological polar surface area (TPSA) is 93.4 Å². The van der Waals surface area contributed by atoms with Crippen LogP contribution >= 0.6 is 11.3 Å². The summed E-state index contributed by atoms with van der Waals surface area (Å²) >= 11 is 1.32. The predicted octanol–water partition coefficient (Wildman–Crippen LogP) is 5.16. The molecule has 1 N–H and O–H groups in total. The summed E-state index contributed by atoms with van der Waals surface area (Å²) in [6, 6.07) is 2.76. The van der Waals surface area contributed by atoms with Gasteiger partial charge in [0.1, 0.15) is 5.75 Å². The van der Waals surface area contributed by atoms with Crippen molar-refractivity contribution in [3.63, 3.8) is 0 Å². The number of hydrogen-bond acceptors (Lipinski definition) is 5. The number of likely N-dealkylation sites (tertiary alicyclic amines) is 1. The second-order valence-electron chi connectivity index (χ2n) is 10.7. The molecule has 2 saturated heterocycles. The van der Waals surface area contributed by atoms with E-state index in [9.17, 15) is 22.8 Å². The number of carbonyl (C=O) groups excluding carboxylic acids is 1. The molecule has 2 amide bonds. The van der Waals surface area contributed by atoms with Gasteiger partial charge in [0.15, 0.2) is 4.80 Å². The third kappa shape index (κ3) is 6.76. The van der Waals surface area contributed by atoms with Crippen LogP contribution in [-0.4, -0.2) is 59.0 Å². The zero-order valence-corrected chi connectivity index (χ0v) is 22.4. The van der Waals surface area contributed by atoms with Crippen LogP contribution in [0.15, 0.2) is 29.4 Å². The summed E-state index contributed by atoms with van der Waals surface area (Å²) in [5, 5.41) is 9.16. The highest BCUT2D eigenvalue weighted by atomic mass is 32.1. The van der Waals surface area contributed by atoms with Gasteiger partial charge in [0.05, 0.1) is 30.4 Å². The van der Waals surface area contributed by atoms with Crippen molar-refractivity contribution in [1.29, 1.82) is 0 Å². The lowest BCUT2D eigenvalue weighted by Crippen LogP contribution is -2.27. The fourth-order valence-electron chi connectivity index (χ4n) is 4.45. The van der Waals surface area contributed by atoms with E-state index in [0.29, 0.717) is 30.9 Å². The quantitative estimate of drug-likeness (QED) is 0.531.